The molecule has 4 rings (SSSR count). The Morgan fingerprint density at radius 1 is 0.667 bits per heavy atom. The van der Waals surface area contributed by atoms with Crippen molar-refractivity contribution in [3.8, 4) is 0 Å². The van der Waals surface area contributed by atoms with Gasteiger partial charge >= 0.3 is 24.1 Å². The Morgan fingerprint density at radius 2 is 1.00 bits per heavy atom. The molecule has 0 bridgehead atoms. The van der Waals surface area contributed by atoms with Gasteiger partial charge in [0.25, 0.3) is 0 Å². The normalized spacial score (nSPS) is 26.5. The van der Waals surface area contributed by atoms with Crippen LogP contribution in [0.2, 0.25) is 0 Å². The van der Waals surface area contributed by atoms with E-state index < -0.39 is 76.3 Å². The number of carboxylic acids is 1. The summed E-state index contributed by atoms with van der Waals surface area (Å²) < 4.78 is 62.8. The highest BCUT2D eigenvalue weighted by Crippen LogP contribution is 2.47. The number of sulfone groups is 2. The average Bonchev–Trinajstić information content (AvgIpc) is 3.31. The van der Waals surface area contributed by atoms with Gasteiger partial charge in [-0.1, -0.05) is 0 Å². The van der Waals surface area contributed by atoms with E-state index in [1.54, 1.807) is 41.5 Å². The molecular weight excluding hydrogens is 632 g/mol. The quantitative estimate of drug-likeness (QED) is 0.332. The fourth-order valence-electron chi connectivity index (χ4n) is 6.84. The van der Waals surface area contributed by atoms with Crippen molar-refractivity contribution in [2.24, 2.45) is 11.8 Å². The van der Waals surface area contributed by atoms with Crippen LogP contribution in [-0.2, 0) is 43.5 Å². The fourth-order valence-corrected chi connectivity index (χ4v) is 11.7. The number of carboxylic acid groups (broad SMARTS) is 1. The van der Waals surface area contributed by atoms with Gasteiger partial charge in [-0.2, -0.15) is 0 Å². The van der Waals surface area contributed by atoms with E-state index in [2.05, 4.69) is 0 Å². The van der Waals surface area contributed by atoms with E-state index in [0.717, 1.165) is 0 Å². The minimum atomic E-state index is -3.45. The van der Waals surface area contributed by atoms with E-state index in [9.17, 15) is 41.1 Å². The van der Waals surface area contributed by atoms with Crippen molar-refractivity contribution in [3.05, 3.63) is 0 Å². The van der Waals surface area contributed by atoms with Gasteiger partial charge in [0.2, 0.25) is 0 Å². The van der Waals surface area contributed by atoms with Gasteiger partial charge in [-0.3, -0.25) is 9.59 Å². The summed E-state index contributed by atoms with van der Waals surface area (Å²) in [7, 11) is -5.55. The van der Waals surface area contributed by atoms with Crippen LogP contribution in [0.15, 0.2) is 0 Å². The number of hydrogen-bond acceptors (Lipinski definition) is 11. The maximum atomic E-state index is 12.5. The van der Waals surface area contributed by atoms with Gasteiger partial charge in [-0.05, 0) is 80.1 Å². The first-order valence-electron chi connectivity index (χ1n) is 15.2. The zero-order chi connectivity index (χ0) is 34.2. The van der Waals surface area contributed by atoms with Gasteiger partial charge in [0.15, 0.2) is 19.7 Å². The lowest BCUT2D eigenvalue weighted by molar-refractivity contribution is -0.147. The molecule has 14 nitrogen and oxygen atoms in total. The van der Waals surface area contributed by atoms with Crippen molar-refractivity contribution < 1.29 is 55.3 Å². The van der Waals surface area contributed by atoms with E-state index in [1.807, 2.05) is 0 Å². The molecule has 2 amide bonds. The van der Waals surface area contributed by atoms with Crippen LogP contribution in [0.4, 0.5) is 9.59 Å². The predicted octanol–water partition coefficient (Wildman–Crippen LogP) is 2.64. The third-order valence-corrected chi connectivity index (χ3v) is 14.6. The van der Waals surface area contributed by atoms with Crippen molar-refractivity contribution in [2.75, 3.05) is 44.8 Å². The van der Waals surface area contributed by atoms with Crippen LogP contribution in [0.1, 0.15) is 80.1 Å². The number of likely N-dealkylation sites (tertiary alicyclic amines) is 2. The Hall–Kier alpha value is -2.62. The van der Waals surface area contributed by atoms with Crippen LogP contribution >= 0.6 is 0 Å². The average molecular weight is 681 g/mol. The first kappa shape index (κ1) is 36.8. The highest BCUT2D eigenvalue weighted by atomic mass is 32.2. The van der Waals surface area contributed by atoms with Gasteiger partial charge in [0.05, 0.1) is 39.9 Å². The number of hydrogen-bond donors (Lipinski definition) is 1. The lowest BCUT2D eigenvalue weighted by Crippen LogP contribution is -2.54. The summed E-state index contributed by atoms with van der Waals surface area (Å²) in [6.07, 6.45) is 0.327. The predicted molar refractivity (Wildman–Crippen MR) is 163 cm³/mol. The highest BCUT2D eigenvalue weighted by Gasteiger charge is 2.60. The highest BCUT2D eigenvalue weighted by molar-refractivity contribution is 7.93. The number of amides is 2. The molecule has 0 aliphatic carbocycles. The zero-order valence-corrected chi connectivity index (χ0v) is 28.9. The number of methoxy groups -OCH3 is 1. The van der Waals surface area contributed by atoms with Gasteiger partial charge in [-0.25, -0.2) is 26.4 Å². The Kier molecular flexibility index (Phi) is 10.5. The first-order valence-corrected chi connectivity index (χ1v) is 18.5. The number of nitrogens with zero attached hydrogens (tertiary/aromatic N) is 2. The van der Waals surface area contributed by atoms with Gasteiger partial charge in [0.1, 0.15) is 11.2 Å². The fraction of sp³-hybridized carbons (Fsp3) is 0.862. The number of carbonyl (C=O) groups excluding carboxylic acids is 3. The summed E-state index contributed by atoms with van der Waals surface area (Å²) in [5.74, 6) is -3.14. The van der Waals surface area contributed by atoms with Crippen LogP contribution < -0.4 is 0 Å². The Morgan fingerprint density at radius 3 is 1.31 bits per heavy atom. The third-order valence-electron chi connectivity index (χ3n) is 9.17. The molecule has 2 atom stereocenters. The largest absolute Gasteiger partial charge is 0.481 e. The molecule has 0 radical (unpaired) electrons. The molecule has 4 saturated heterocycles. The molecule has 4 fully saturated rings. The summed E-state index contributed by atoms with van der Waals surface area (Å²) in [5.41, 5.74) is -1.21. The Bertz CT molecular complexity index is 1360. The molecule has 16 heteroatoms. The molecule has 45 heavy (non-hydrogen) atoms. The molecule has 4 heterocycles. The van der Waals surface area contributed by atoms with Crippen LogP contribution in [0.3, 0.4) is 0 Å². The number of rotatable bonds is 2. The van der Waals surface area contributed by atoms with E-state index in [1.165, 1.54) is 16.9 Å². The molecule has 2 spiro atoms. The van der Waals surface area contributed by atoms with Gasteiger partial charge in [0, 0.05) is 26.2 Å². The number of esters is 1. The SMILES string of the molecule is CC(C)(C)OC(=O)N1CCC2(CC1)C(C(=O)O)CCS2(=O)=O.COC(=O)C1CCS(=O)(=O)C12CCN(C(=O)OC(C)(C)C)CC2. The second-order valence-electron chi connectivity index (χ2n) is 14.2. The summed E-state index contributed by atoms with van der Waals surface area (Å²) >= 11 is 0. The molecule has 0 aromatic heterocycles. The van der Waals surface area contributed by atoms with Crippen molar-refractivity contribution in [3.63, 3.8) is 0 Å². The molecule has 0 aromatic rings. The number of aliphatic carboxylic acids is 1. The number of ether oxygens (including phenoxy) is 3. The Balaban J connectivity index is 0.000000246. The summed E-state index contributed by atoms with van der Waals surface area (Å²) in [6.45, 7) is 11.6. The van der Waals surface area contributed by atoms with Crippen molar-refractivity contribution in [1.82, 2.24) is 9.80 Å². The molecular formula is C29H48N2O12S2. The maximum absolute atomic E-state index is 12.5. The van der Waals surface area contributed by atoms with Crippen LogP contribution in [0.25, 0.3) is 0 Å². The molecule has 1 N–H and O–H groups in total. The van der Waals surface area contributed by atoms with E-state index in [-0.39, 0.29) is 69.8 Å². The van der Waals surface area contributed by atoms with E-state index >= 15 is 0 Å². The topological polar surface area (TPSA) is 191 Å². The lowest BCUT2D eigenvalue weighted by atomic mass is 9.82. The summed E-state index contributed by atoms with van der Waals surface area (Å²) in [5, 5.41) is 9.32. The Labute approximate surface area is 265 Å². The van der Waals surface area contributed by atoms with Crippen molar-refractivity contribution >= 4 is 43.8 Å². The lowest BCUT2D eigenvalue weighted by Gasteiger charge is -2.41. The molecule has 258 valence electrons. The molecule has 4 aliphatic heterocycles. The van der Waals surface area contributed by atoms with Crippen molar-refractivity contribution in [2.45, 2.75) is 101 Å². The molecule has 0 aromatic carbocycles. The standard InChI is InChI=1S/C15H25NO6S.C14H23NO6S/c1-14(2,3)22-13(18)16-8-6-15(7-9-16)11(12(17)21-4)5-10-23(15,19)20;1-13(2,3)21-12(18)15-7-5-14(6-8-15)10(11(16)17)4-9-22(14,19)20/h11H,5-10H2,1-4H3;10H,4-9H2,1-3H3,(H,16,17). The number of piperidine rings is 2. The van der Waals surface area contributed by atoms with Crippen LogP contribution in [-0.4, -0.2) is 121 Å². The molecule has 0 saturated carbocycles. The minimum absolute atomic E-state index is 0.000789. The smallest absolute Gasteiger partial charge is 0.410 e. The van der Waals surface area contributed by atoms with Gasteiger partial charge < -0.3 is 29.1 Å². The van der Waals surface area contributed by atoms with Crippen LogP contribution in [0.5, 0.6) is 0 Å². The zero-order valence-electron chi connectivity index (χ0n) is 27.3. The minimum Gasteiger partial charge on any atom is -0.481 e. The molecule has 2 unspecified atom stereocenters. The second-order valence-corrected chi connectivity index (χ2v) is 19.1. The summed E-state index contributed by atoms with van der Waals surface area (Å²) in [6, 6.07) is 0. The number of carbonyl (C=O) groups is 4. The first-order chi connectivity index (χ1) is 20.5. The monoisotopic (exact) mass is 680 g/mol. The third kappa shape index (κ3) is 7.68. The van der Waals surface area contributed by atoms with E-state index in [4.69, 9.17) is 14.2 Å². The maximum Gasteiger partial charge on any atom is 0.410 e. The van der Waals surface area contributed by atoms with E-state index in [0.29, 0.717) is 6.42 Å². The van der Waals surface area contributed by atoms with Crippen molar-refractivity contribution in [1.29, 1.82) is 0 Å². The van der Waals surface area contributed by atoms with Crippen LogP contribution in [0, 0.1) is 11.8 Å². The second kappa shape index (κ2) is 12.9. The van der Waals surface area contributed by atoms with Gasteiger partial charge in [-0.15, -0.1) is 0 Å². The summed E-state index contributed by atoms with van der Waals surface area (Å²) in [4.78, 5) is 50.5. The molecule has 4 aliphatic rings.